The summed E-state index contributed by atoms with van der Waals surface area (Å²) in [5.41, 5.74) is 2.96. The minimum absolute atomic E-state index is 0.110. The number of likely N-dealkylation sites (N-methyl/N-ethyl adjacent to an activating group) is 1. The first-order valence-electron chi connectivity index (χ1n) is 16.6. The molecule has 3 aliphatic heterocycles. The SMILES string of the molecule is COc1cc(N2CCC(N3CCN(C)CC3)CC2)ccc1Nc1ncc(Cl)c(Nc2ccc(C(=O)N3CCP(C)(=O)CC3)cc2OC)n1. The number of carbonyl (C=O) groups excluding carboxylic acids is 1. The van der Waals surface area contributed by atoms with E-state index in [1.807, 2.05) is 12.7 Å². The lowest BCUT2D eigenvalue weighted by Crippen LogP contribution is -2.52. The van der Waals surface area contributed by atoms with Gasteiger partial charge in [0.05, 0.1) is 38.9 Å². The molecule has 1 amide bonds. The summed E-state index contributed by atoms with van der Waals surface area (Å²) in [7, 11) is 3.27. The molecule has 0 spiro atoms. The monoisotopic (exact) mass is 696 g/mol. The zero-order valence-corrected chi connectivity index (χ0v) is 29.9. The van der Waals surface area contributed by atoms with Crippen LogP contribution < -0.4 is 25.0 Å². The molecule has 4 heterocycles. The van der Waals surface area contributed by atoms with Crippen LogP contribution in [0.5, 0.6) is 11.5 Å². The highest BCUT2D eigenvalue weighted by atomic mass is 35.5. The van der Waals surface area contributed by atoms with Gasteiger partial charge in [0.15, 0.2) is 5.82 Å². The lowest BCUT2D eigenvalue weighted by molar-refractivity contribution is 0.0769. The molecule has 258 valence electrons. The summed E-state index contributed by atoms with van der Waals surface area (Å²) in [5, 5.41) is 6.83. The van der Waals surface area contributed by atoms with Gasteiger partial charge >= 0.3 is 0 Å². The van der Waals surface area contributed by atoms with Crippen molar-refractivity contribution in [1.82, 2.24) is 24.7 Å². The van der Waals surface area contributed by atoms with E-state index >= 15 is 0 Å². The number of ether oxygens (including phenoxy) is 2. The van der Waals surface area contributed by atoms with Crippen molar-refractivity contribution in [2.45, 2.75) is 18.9 Å². The number of carbonyl (C=O) groups is 1. The number of piperidine rings is 1. The highest BCUT2D eigenvalue weighted by Gasteiger charge is 2.29. The Hall–Kier alpha value is -3.57. The maximum absolute atomic E-state index is 13.2. The summed E-state index contributed by atoms with van der Waals surface area (Å²) in [5.74, 6) is 1.76. The highest BCUT2D eigenvalue weighted by molar-refractivity contribution is 7.63. The van der Waals surface area contributed by atoms with Gasteiger partial charge in [-0.2, -0.15) is 4.98 Å². The molecule has 0 saturated carbocycles. The third-order valence-electron chi connectivity index (χ3n) is 9.73. The molecule has 3 fully saturated rings. The minimum Gasteiger partial charge on any atom is -0.495 e. The standard InChI is InChI=1S/C34H46ClN8O4P/c1-40-13-15-42(16-14-40)25-9-11-41(12-10-25)26-6-8-29(31(22-26)47-3)38-34-36-23-27(35)32(39-34)37-28-7-5-24(21-30(28)46-2)33(44)43-17-19-48(4,45)20-18-43/h5-8,21-23,25H,9-20H2,1-4H3,(H2,36,37,38,39). The van der Waals surface area contributed by atoms with E-state index in [2.05, 4.69) is 54.5 Å². The number of anilines is 5. The van der Waals surface area contributed by atoms with E-state index in [9.17, 15) is 9.36 Å². The summed E-state index contributed by atoms with van der Waals surface area (Å²) in [6.07, 6.45) is 4.93. The average Bonchev–Trinajstić information content (AvgIpc) is 3.10. The molecule has 2 N–H and O–H groups in total. The number of halogens is 1. The summed E-state index contributed by atoms with van der Waals surface area (Å²) in [6, 6.07) is 12.0. The maximum atomic E-state index is 13.2. The Labute approximate surface area is 288 Å². The maximum Gasteiger partial charge on any atom is 0.254 e. The normalized spacial score (nSPS) is 19.2. The Bertz CT molecular complexity index is 1650. The molecule has 0 unspecified atom stereocenters. The average molecular weight is 697 g/mol. The van der Waals surface area contributed by atoms with Crippen LogP contribution in [-0.4, -0.2) is 129 Å². The number of hydrogen-bond donors (Lipinski definition) is 2. The molecule has 3 saturated heterocycles. The van der Waals surface area contributed by atoms with Crippen molar-refractivity contribution < 1.29 is 18.8 Å². The Morgan fingerprint density at radius 1 is 0.896 bits per heavy atom. The van der Waals surface area contributed by atoms with Gasteiger partial charge in [-0.1, -0.05) is 11.6 Å². The molecule has 3 aromatic rings. The van der Waals surface area contributed by atoms with Gasteiger partial charge in [-0.05, 0) is 56.9 Å². The number of aromatic nitrogens is 2. The lowest BCUT2D eigenvalue weighted by Gasteiger charge is -2.42. The number of piperazine rings is 1. The topological polar surface area (TPSA) is 115 Å². The number of nitrogens with zero attached hydrogens (tertiary/aromatic N) is 6. The van der Waals surface area contributed by atoms with Crippen LogP contribution in [-0.2, 0) is 4.57 Å². The lowest BCUT2D eigenvalue weighted by atomic mass is 10.0. The van der Waals surface area contributed by atoms with Gasteiger partial charge in [0.1, 0.15) is 16.5 Å². The van der Waals surface area contributed by atoms with Crippen molar-refractivity contribution >= 4 is 53.5 Å². The van der Waals surface area contributed by atoms with Crippen LogP contribution in [0.1, 0.15) is 23.2 Å². The van der Waals surface area contributed by atoms with Crippen molar-refractivity contribution in [2.75, 3.05) is 108 Å². The molecule has 2 aromatic carbocycles. The molecular formula is C34H46ClN8O4P. The second kappa shape index (κ2) is 14.9. The quantitative estimate of drug-likeness (QED) is 0.284. The second-order valence-corrected chi connectivity index (χ2v) is 16.9. The Balaban J connectivity index is 1.11. The van der Waals surface area contributed by atoms with Crippen molar-refractivity contribution in [3.8, 4) is 11.5 Å². The predicted octanol–water partition coefficient (Wildman–Crippen LogP) is 5.30. The van der Waals surface area contributed by atoms with E-state index in [-0.39, 0.29) is 5.91 Å². The molecule has 14 heteroatoms. The van der Waals surface area contributed by atoms with E-state index in [1.165, 1.54) is 6.20 Å². The van der Waals surface area contributed by atoms with Crippen molar-refractivity contribution in [3.05, 3.63) is 53.2 Å². The fourth-order valence-corrected chi connectivity index (χ4v) is 8.31. The van der Waals surface area contributed by atoms with Crippen LogP contribution in [0.2, 0.25) is 5.02 Å². The minimum atomic E-state index is -2.14. The molecule has 0 aliphatic carbocycles. The largest absolute Gasteiger partial charge is 0.495 e. The molecule has 0 radical (unpaired) electrons. The molecule has 6 rings (SSSR count). The van der Waals surface area contributed by atoms with Crippen LogP contribution >= 0.6 is 18.7 Å². The third kappa shape index (κ3) is 8.00. The number of amides is 1. The van der Waals surface area contributed by atoms with E-state index in [1.54, 1.807) is 37.3 Å². The van der Waals surface area contributed by atoms with E-state index in [0.717, 1.165) is 63.5 Å². The summed E-state index contributed by atoms with van der Waals surface area (Å²) >= 11 is 6.51. The number of benzene rings is 2. The van der Waals surface area contributed by atoms with E-state index < -0.39 is 7.14 Å². The van der Waals surface area contributed by atoms with Crippen LogP contribution in [0.15, 0.2) is 42.6 Å². The Morgan fingerprint density at radius 2 is 1.54 bits per heavy atom. The number of rotatable bonds is 9. The molecule has 0 atom stereocenters. The van der Waals surface area contributed by atoms with Crippen LogP contribution in [0.25, 0.3) is 0 Å². The van der Waals surface area contributed by atoms with Gasteiger partial charge in [0.25, 0.3) is 5.91 Å². The molecule has 0 bridgehead atoms. The predicted molar refractivity (Wildman–Crippen MR) is 193 cm³/mol. The fraction of sp³-hybridized carbons (Fsp3) is 0.500. The van der Waals surface area contributed by atoms with Gasteiger partial charge < -0.3 is 39.4 Å². The smallest absolute Gasteiger partial charge is 0.254 e. The molecule has 1 aromatic heterocycles. The second-order valence-electron chi connectivity index (χ2n) is 13.0. The summed E-state index contributed by atoms with van der Waals surface area (Å²) in [6.45, 7) is 9.43. The van der Waals surface area contributed by atoms with Gasteiger partial charge in [0, 0.05) is 88.0 Å². The third-order valence-corrected chi connectivity index (χ3v) is 12.3. The zero-order chi connectivity index (χ0) is 33.8. The van der Waals surface area contributed by atoms with Crippen molar-refractivity contribution in [1.29, 1.82) is 0 Å². The Kier molecular flexibility index (Phi) is 10.6. The molecule has 3 aliphatic rings. The van der Waals surface area contributed by atoms with Gasteiger partial charge in [-0.15, -0.1) is 0 Å². The van der Waals surface area contributed by atoms with E-state index in [0.29, 0.717) is 71.0 Å². The van der Waals surface area contributed by atoms with Crippen molar-refractivity contribution in [2.24, 2.45) is 0 Å². The fourth-order valence-electron chi connectivity index (χ4n) is 6.62. The summed E-state index contributed by atoms with van der Waals surface area (Å²) in [4.78, 5) is 31.4. The van der Waals surface area contributed by atoms with Gasteiger partial charge in [0.2, 0.25) is 5.95 Å². The molecule has 48 heavy (non-hydrogen) atoms. The highest BCUT2D eigenvalue weighted by Crippen LogP contribution is 2.43. The van der Waals surface area contributed by atoms with Gasteiger partial charge in [-0.3, -0.25) is 9.69 Å². The van der Waals surface area contributed by atoms with E-state index in [4.69, 9.17) is 21.1 Å². The number of nitrogens with one attached hydrogen (secondary N) is 2. The van der Waals surface area contributed by atoms with Gasteiger partial charge in [-0.25, -0.2) is 4.98 Å². The van der Waals surface area contributed by atoms with Crippen LogP contribution in [0.3, 0.4) is 0 Å². The first-order chi connectivity index (χ1) is 23.1. The summed E-state index contributed by atoms with van der Waals surface area (Å²) < 4.78 is 23.8. The zero-order valence-electron chi connectivity index (χ0n) is 28.2. The van der Waals surface area contributed by atoms with Crippen molar-refractivity contribution in [3.63, 3.8) is 0 Å². The molecule has 12 nitrogen and oxygen atoms in total. The van der Waals surface area contributed by atoms with Crippen LogP contribution in [0, 0.1) is 0 Å². The number of methoxy groups -OCH3 is 2. The molecular weight excluding hydrogens is 651 g/mol. The van der Waals surface area contributed by atoms with Crippen LogP contribution in [0.4, 0.5) is 28.8 Å². The first-order valence-corrected chi connectivity index (χ1v) is 19.5. The number of hydrogen-bond acceptors (Lipinski definition) is 11. The first kappa shape index (κ1) is 34.3. The Morgan fingerprint density at radius 3 is 2.23 bits per heavy atom.